The third-order valence-corrected chi connectivity index (χ3v) is 8.66. The molecular formula is C41H37N5O3. The van der Waals surface area contributed by atoms with E-state index >= 15 is 0 Å². The van der Waals surface area contributed by atoms with Crippen LogP contribution in [0.2, 0.25) is 0 Å². The van der Waals surface area contributed by atoms with Gasteiger partial charge >= 0.3 is 11.5 Å². The zero-order chi connectivity index (χ0) is 33.7. The Kier molecular flexibility index (Phi) is 9.04. The first-order valence-electron chi connectivity index (χ1n) is 16.5. The van der Waals surface area contributed by atoms with Crippen LogP contribution in [-0.4, -0.2) is 26.8 Å². The third-order valence-electron chi connectivity index (χ3n) is 8.66. The Morgan fingerprint density at radius 1 is 0.776 bits per heavy atom. The van der Waals surface area contributed by atoms with Crippen LogP contribution >= 0.6 is 0 Å². The molecule has 0 amide bonds. The van der Waals surface area contributed by atoms with Crippen molar-refractivity contribution in [1.29, 1.82) is 0 Å². The standard InChI is InChI=1S/C41H37N5O3/c1-29(47)49-46-39-24-33(32-16-9-4-10-17-32)18-20-37(39)43-40(41(46)48)36-28-44(23-11-22-42)38-21-19-34(25-35(36)38)45(26-30-12-5-2-6-13-30)27-31-14-7-3-8-15-31/h2-10,12-21,24-25,28H,11,22-23,26-27,42H2,1H3. The van der Waals surface area contributed by atoms with Crippen LogP contribution in [0, 0.1) is 0 Å². The highest BCUT2D eigenvalue weighted by atomic mass is 16.7. The average molecular weight is 648 g/mol. The largest absolute Gasteiger partial charge is 0.363 e. The predicted molar refractivity (Wildman–Crippen MR) is 196 cm³/mol. The van der Waals surface area contributed by atoms with Crippen molar-refractivity contribution in [2.45, 2.75) is 33.0 Å². The molecule has 0 saturated heterocycles. The predicted octanol–water partition coefficient (Wildman–Crippen LogP) is 7.22. The summed E-state index contributed by atoms with van der Waals surface area (Å²) in [6.07, 6.45) is 2.74. The van der Waals surface area contributed by atoms with E-state index in [1.807, 2.05) is 66.9 Å². The highest BCUT2D eigenvalue weighted by Gasteiger charge is 2.21. The minimum absolute atomic E-state index is 0.201. The Labute approximate surface area is 284 Å². The van der Waals surface area contributed by atoms with Crippen LogP contribution in [0.3, 0.4) is 0 Å². The van der Waals surface area contributed by atoms with Crippen molar-refractivity contribution in [3.63, 3.8) is 0 Å². The van der Waals surface area contributed by atoms with E-state index < -0.39 is 11.5 Å². The third kappa shape index (κ3) is 6.72. The SMILES string of the molecule is CC(=O)On1c(=O)c(-c2cn(CCCN)c3ccc(N(Cc4ccccc4)Cc4ccccc4)cc23)nc2ccc(-c3ccccc3)cc21. The maximum atomic E-state index is 14.3. The van der Waals surface area contributed by atoms with E-state index in [0.29, 0.717) is 42.8 Å². The molecule has 7 rings (SSSR count). The van der Waals surface area contributed by atoms with Crippen LogP contribution in [0.4, 0.5) is 5.69 Å². The summed E-state index contributed by atoms with van der Waals surface area (Å²) < 4.78 is 3.20. The molecule has 0 saturated carbocycles. The molecule has 244 valence electrons. The monoisotopic (exact) mass is 647 g/mol. The van der Waals surface area contributed by atoms with Gasteiger partial charge in [0, 0.05) is 54.9 Å². The molecule has 5 aromatic carbocycles. The molecule has 0 spiro atoms. The maximum Gasteiger partial charge on any atom is 0.330 e. The van der Waals surface area contributed by atoms with E-state index in [9.17, 15) is 9.59 Å². The molecule has 0 unspecified atom stereocenters. The lowest BCUT2D eigenvalue weighted by atomic mass is 10.0. The number of nitrogens with zero attached hydrogens (tertiary/aromatic N) is 4. The zero-order valence-corrected chi connectivity index (χ0v) is 27.3. The molecular weight excluding hydrogens is 610 g/mol. The number of aromatic nitrogens is 3. The molecule has 8 nitrogen and oxygen atoms in total. The average Bonchev–Trinajstić information content (AvgIpc) is 3.50. The van der Waals surface area contributed by atoms with Gasteiger partial charge in [-0.3, -0.25) is 4.79 Å². The normalized spacial score (nSPS) is 11.2. The zero-order valence-electron chi connectivity index (χ0n) is 27.3. The molecule has 0 fully saturated rings. The van der Waals surface area contributed by atoms with Gasteiger partial charge < -0.3 is 20.0 Å². The van der Waals surface area contributed by atoms with Crippen molar-refractivity contribution in [3.8, 4) is 22.4 Å². The fourth-order valence-corrected chi connectivity index (χ4v) is 6.32. The van der Waals surface area contributed by atoms with Crippen LogP contribution in [0.25, 0.3) is 44.3 Å². The second-order valence-corrected chi connectivity index (χ2v) is 12.1. The quantitative estimate of drug-likeness (QED) is 0.159. The van der Waals surface area contributed by atoms with E-state index in [-0.39, 0.29) is 5.69 Å². The smallest absolute Gasteiger partial charge is 0.330 e. The minimum Gasteiger partial charge on any atom is -0.363 e. The molecule has 0 aliphatic rings. The van der Waals surface area contributed by atoms with Crippen LogP contribution in [0.15, 0.2) is 138 Å². The van der Waals surface area contributed by atoms with Gasteiger partial charge in [0.15, 0.2) is 0 Å². The van der Waals surface area contributed by atoms with Gasteiger partial charge in [-0.1, -0.05) is 97.1 Å². The lowest BCUT2D eigenvalue weighted by molar-refractivity contribution is -0.141. The molecule has 0 radical (unpaired) electrons. The molecule has 2 heterocycles. The summed E-state index contributed by atoms with van der Waals surface area (Å²) in [5, 5.41) is 0.875. The molecule has 0 aliphatic carbocycles. The summed E-state index contributed by atoms with van der Waals surface area (Å²) in [4.78, 5) is 39.5. The van der Waals surface area contributed by atoms with Crippen molar-refractivity contribution in [3.05, 3.63) is 155 Å². The van der Waals surface area contributed by atoms with Crippen molar-refractivity contribution < 1.29 is 9.63 Å². The lowest BCUT2D eigenvalue weighted by Gasteiger charge is -2.26. The summed E-state index contributed by atoms with van der Waals surface area (Å²) in [6, 6.07) is 42.6. The van der Waals surface area contributed by atoms with Crippen LogP contribution in [0.1, 0.15) is 24.5 Å². The van der Waals surface area contributed by atoms with Crippen LogP contribution < -0.4 is 21.0 Å². The Hall–Kier alpha value is -5.99. The van der Waals surface area contributed by atoms with E-state index in [1.165, 1.54) is 18.1 Å². The van der Waals surface area contributed by atoms with Crippen molar-refractivity contribution in [1.82, 2.24) is 14.3 Å². The Morgan fingerprint density at radius 2 is 1.43 bits per heavy atom. The topological polar surface area (TPSA) is 95.4 Å². The van der Waals surface area contributed by atoms with Gasteiger partial charge in [-0.2, -0.15) is 0 Å². The Balaban J connectivity index is 1.40. The number of benzene rings is 5. The number of carbonyl (C=O) groups is 1. The molecule has 8 heteroatoms. The second-order valence-electron chi connectivity index (χ2n) is 12.1. The number of anilines is 1. The van der Waals surface area contributed by atoms with Gasteiger partial charge in [0.1, 0.15) is 11.2 Å². The Bertz CT molecular complexity index is 2260. The number of nitrogens with two attached hydrogens (primary N) is 1. The summed E-state index contributed by atoms with van der Waals surface area (Å²) in [5.74, 6) is -0.601. The first-order chi connectivity index (χ1) is 24.0. The van der Waals surface area contributed by atoms with Crippen molar-refractivity contribution in [2.24, 2.45) is 5.73 Å². The van der Waals surface area contributed by atoms with E-state index in [0.717, 1.165) is 38.9 Å². The molecule has 2 N–H and O–H groups in total. The lowest BCUT2D eigenvalue weighted by Crippen LogP contribution is -2.31. The van der Waals surface area contributed by atoms with Gasteiger partial charge in [-0.05, 0) is 65.6 Å². The first-order valence-corrected chi connectivity index (χ1v) is 16.5. The maximum absolute atomic E-state index is 14.3. The van der Waals surface area contributed by atoms with Crippen LogP contribution in [-0.2, 0) is 24.4 Å². The van der Waals surface area contributed by atoms with Gasteiger partial charge in [0.2, 0.25) is 0 Å². The molecule has 0 bridgehead atoms. The molecule has 2 aromatic heterocycles. The van der Waals surface area contributed by atoms with Gasteiger partial charge in [-0.25, -0.2) is 9.78 Å². The number of aryl methyl sites for hydroxylation is 1. The fourth-order valence-electron chi connectivity index (χ4n) is 6.32. The Morgan fingerprint density at radius 3 is 2.06 bits per heavy atom. The minimum atomic E-state index is -0.601. The van der Waals surface area contributed by atoms with Crippen molar-refractivity contribution in [2.75, 3.05) is 11.4 Å². The van der Waals surface area contributed by atoms with E-state index in [1.54, 1.807) is 0 Å². The number of hydrogen-bond acceptors (Lipinski definition) is 6. The molecule has 0 atom stereocenters. The van der Waals surface area contributed by atoms with Gasteiger partial charge in [-0.15, -0.1) is 4.73 Å². The second kappa shape index (κ2) is 14.0. The summed E-state index contributed by atoms with van der Waals surface area (Å²) in [6.45, 7) is 3.89. The number of fused-ring (bicyclic) bond motifs is 2. The fraction of sp³-hybridized carbons (Fsp3) is 0.146. The number of hydrogen-bond donors (Lipinski definition) is 1. The van der Waals surface area contributed by atoms with Gasteiger partial charge in [0.05, 0.1) is 5.52 Å². The summed E-state index contributed by atoms with van der Waals surface area (Å²) in [5.41, 5.74) is 13.4. The molecule has 7 aromatic rings. The van der Waals surface area contributed by atoms with Crippen LogP contribution in [0.5, 0.6) is 0 Å². The summed E-state index contributed by atoms with van der Waals surface area (Å²) >= 11 is 0. The highest BCUT2D eigenvalue weighted by Crippen LogP contribution is 2.34. The van der Waals surface area contributed by atoms with Gasteiger partial charge in [0.25, 0.3) is 0 Å². The number of carbonyl (C=O) groups excluding carboxylic acids is 1. The van der Waals surface area contributed by atoms with E-state index in [4.69, 9.17) is 15.6 Å². The molecule has 49 heavy (non-hydrogen) atoms. The number of rotatable bonds is 11. The van der Waals surface area contributed by atoms with Crippen molar-refractivity contribution >= 4 is 33.6 Å². The first kappa shape index (κ1) is 31.6. The van der Waals surface area contributed by atoms with E-state index in [2.05, 4.69) is 76.2 Å². The molecule has 0 aliphatic heterocycles. The highest BCUT2D eigenvalue weighted by molar-refractivity contribution is 5.98. The summed E-state index contributed by atoms with van der Waals surface area (Å²) in [7, 11) is 0.